The summed E-state index contributed by atoms with van der Waals surface area (Å²) in [7, 11) is 0. The maximum Gasteiger partial charge on any atom is 0.415 e. The van der Waals surface area contributed by atoms with E-state index in [0.29, 0.717) is 0 Å². The second kappa shape index (κ2) is 5.87. The molecule has 0 N–H and O–H groups in total. The first kappa shape index (κ1) is 16.7. The van der Waals surface area contributed by atoms with Crippen LogP contribution in [0, 0.1) is 0 Å². The maximum atomic E-state index is 13.0. The molecule has 2 rings (SSSR count). The fraction of sp³-hybridized carbons (Fsp3) is 0.143. The minimum Gasteiger partial charge on any atom is -0.182 e. The summed E-state index contributed by atoms with van der Waals surface area (Å²) in [6.07, 6.45) is -11.0. The van der Waals surface area contributed by atoms with E-state index >= 15 is 0 Å². The van der Waals surface area contributed by atoms with Gasteiger partial charge >= 0.3 is 18.5 Å². The fourth-order valence-electron chi connectivity index (χ4n) is 2.12. The second-order valence-electron chi connectivity index (χ2n) is 4.53. The van der Waals surface area contributed by atoms with Crippen LogP contribution >= 0.6 is 11.5 Å². The zero-order valence-corrected chi connectivity index (χ0v) is 11.6. The van der Waals surface area contributed by atoms with Crippen LogP contribution in [0.3, 0.4) is 0 Å². The van der Waals surface area contributed by atoms with Gasteiger partial charge in [-0.25, -0.2) is 0 Å². The Hall–Kier alpha value is -1.63. The summed E-state index contributed by atoms with van der Waals surface area (Å²) in [6.45, 7) is 0. The topological polar surface area (TPSA) is 0 Å². The quantitative estimate of drug-likeness (QED) is 0.573. The summed E-state index contributed by atoms with van der Waals surface area (Å²) in [4.78, 5) is 0. The number of alkyl halides is 6. The lowest BCUT2D eigenvalue weighted by molar-refractivity contribution is -0.137. The molecule has 0 aliphatic carbocycles. The summed E-state index contributed by atoms with van der Waals surface area (Å²) in [5, 5.41) is 0. The molecule has 22 heavy (non-hydrogen) atoms. The van der Waals surface area contributed by atoms with Crippen molar-refractivity contribution in [1.82, 2.24) is 0 Å². The summed E-state index contributed by atoms with van der Waals surface area (Å²) in [5.41, 5.74) is -2.92. The Morgan fingerprint density at radius 3 is 1.27 bits per heavy atom. The smallest absolute Gasteiger partial charge is 0.182 e. The third-order valence-corrected chi connectivity index (χ3v) is 3.55. The van der Waals surface area contributed by atoms with Gasteiger partial charge < -0.3 is 0 Å². The molecule has 0 saturated carbocycles. The molecule has 0 aliphatic rings. The Labute approximate surface area is 127 Å². The van der Waals surface area contributed by atoms with E-state index in [9.17, 15) is 26.3 Å². The van der Waals surface area contributed by atoms with Crippen LogP contribution < -0.4 is 10.9 Å². The van der Waals surface area contributed by atoms with E-state index in [4.69, 9.17) is 11.5 Å². The minimum atomic E-state index is -4.70. The molecule has 0 bridgehead atoms. The summed E-state index contributed by atoms with van der Waals surface area (Å²) in [5.74, 6) is 0. The van der Waals surface area contributed by atoms with Gasteiger partial charge in [-0.3, -0.25) is 0 Å². The van der Waals surface area contributed by atoms with Crippen molar-refractivity contribution in [2.24, 2.45) is 0 Å². The summed E-state index contributed by atoms with van der Waals surface area (Å²) in [6, 6.07) is 8.66. The van der Waals surface area contributed by atoms with Gasteiger partial charge in [-0.1, -0.05) is 48.5 Å². The van der Waals surface area contributed by atoms with E-state index in [1.54, 1.807) is 0 Å². The molecule has 0 unspecified atom stereocenters. The average Bonchev–Trinajstić information content (AvgIpc) is 2.45. The van der Waals surface area contributed by atoms with Gasteiger partial charge in [0.15, 0.2) is 0 Å². The highest BCUT2D eigenvalue weighted by Crippen LogP contribution is 2.30. The Morgan fingerprint density at radius 1 is 0.636 bits per heavy atom. The molecule has 116 valence electrons. The van der Waals surface area contributed by atoms with Gasteiger partial charge in [-0.05, 0) is 10.9 Å². The van der Waals surface area contributed by atoms with Gasteiger partial charge in [0.25, 0.3) is 0 Å². The molecule has 0 nitrogen and oxygen atoms in total. The van der Waals surface area contributed by atoms with Crippen molar-refractivity contribution in [1.29, 1.82) is 0 Å². The lowest BCUT2D eigenvalue weighted by Crippen LogP contribution is -2.44. The number of benzene rings is 2. The molecule has 0 aliphatic heterocycles. The molecule has 0 heterocycles. The van der Waals surface area contributed by atoms with Crippen molar-refractivity contribution in [2.75, 3.05) is 0 Å². The highest BCUT2D eigenvalue weighted by atomic mass is 35.5. The highest BCUT2D eigenvalue weighted by Gasteiger charge is 2.40. The standard InChI is InChI=1S/C14H8BClF6/c16-15(11-7-3-1-5-9(11)13(17,18)19)12-8-4-2-6-10(12)14(20,21)22/h1-8H. The first-order chi connectivity index (χ1) is 10.1. The van der Waals surface area contributed by atoms with Gasteiger partial charge in [-0.2, -0.15) is 37.8 Å². The Morgan fingerprint density at radius 2 is 0.955 bits per heavy atom. The van der Waals surface area contributed by atoms with Gasteiger partial charge in [0, 0.05) is 0 Å². The lowest BCUT2D eigenvalue weighted by atomic mass is 9.59. The number of hydrogen-bond donors (Lipinski definition) is 0. The summed E-state index contributed by atoms with van der Waals surface area (Å²) < 4.78 is 77.9. The predicted molar refractivity (Wildman–Crippen MR) is 73.8 cm³/mol. The van der Waals surface area contributed by atoms with Crippen LogP contribution in [0.15, 0.2) is 48.5 Å². The molecule has 0 radical (unpaired) electrons. The van der Waals surface area contributed by atoms with Crippen LogP contribution in [0.5, 0.6) is 0 Å². The molecule has 8 heteroatoms. The van der Waals surface area contributed by atoms with Crippen LogP contribution in [0.4, 0.5) is 26.3 Å². The Kier molecular flexibility index (Phi) is 4.47. The minimum absolute atomic E-state index is 0.409. The Balaban J connectivity index is 2.58. The van der Waals surface area contributed by atoms with Crippen molar-refractivity contribution in [3.63, 3.8) is 0 Å². The molecule has 0 fully saturated rings. The van der Waals surface area contributed by atoms with Crippen LogP contribution in [0.2, 0.25) is 0 Å². The monoisotopic (exact) mass is 336 g/mol. The Bertz CT molecular complexity index is 607. The lowest BCUT2D eigenvalue weighted by Gasteiger charge is -2.18. The van der Waals surface area contributed by atoms with Crippen LogP contribution in [-0.4, -0.2) is 6.13 Å². The van der Waals surface area contributed by atoms with Gasteiger partial charge in [-0.15, -0.1) is 0 Å². The first-order valence-corrected chi connectivity index (χ1v) is 6.52. The molecule has 0 amide bonds. The van der Waals surface area contributed by atoms with Gasteiger partial charge in [0.05, 0.1) is 11.1 Å². The fourth-order valence-corrected chi connectivity index (χ4v) is 2.50. The maximum absolute atomic E-state index is 13.0. The van der Waals surface area contributed by atoms with Gasteiger partial charge in [0.2, 0.25) is 0 Å². The molecule has 0 saturated heterocycles. The van der Waals surface area contributed by atoms with Crippen LogP contribution in [-0.2, 0) is 12.4 Å². The van der Waals surface area contributed by atoms with Crippen molar-refractivity contribution in [2.45, 2.75) is 12.4 Å². The molecule has 2 aromatic carbocycles. The van der Waals surface area contributed by atoms with Crippen molar-refractivity contribution < 1.29 is 26.3 Å². The molecular weight excluding hydrogens is 328 g/mol. The predicted octanol–water partition coefficient (Wildman–Crippen LogP) is 4.07. The summed E-state index contributed by atoms with van der Waals surface area (Å²) >= 11 is 5.95. The first-order valence-electron chi connectivity index (χ1n) is 6.08. The van der Waals surface area contributed by atoms with Crippen molar-refractivity contribution >= 4 is 28.5 Å². The highest BCUT2D eigenvalue weighted by molar-refractivity contribution is 7.21. The van der Waals surface area contributed by atoms with Gasteiger partial charge in [0.1, 0.15) is 0 Å². The van der Waals surface area contributed by atoms with E-state index in [1.807, 2.05) is 0 Å². The third kappa shape index (κ3) is 3.40. The molecular formula is C14H8BClF6. The van der Waals surface area contributed by atoms with E-state index in [2.05, 4.69) is 0 Å². The molecule has 0 spiro atoms. The zero-order valence-electron chi connectivity index (χ0n) is 10.8. The van der Waals surface area contributed by atoms with Crippen molar-refractivity contribution in [3.05, 3.63) is 59.7 Å². The third-order valence-electron chi connectivity index (χ3n) is 3.08. The van der Waals surface area contributed by atoms with E-state index < -0.39 is 40.5 Å². The average molecular weight is 336 g/mol. The SMILES string of the molecule is FC(F)(F)c1ccccc1B(Cl)c1ccccc1C(F)(F)F. The molecule has 0 atom stereocenters. The largest absolute Gasteiger partial charge is 0.415 e. The van der Waals surface area contributed by atoms with Crippen LogP contribution in [0.1, 0.15) is 11.1 Å². The number of rotatable bonds is 2. The normalized spacial score (nSPS) is 12.3. The van der Waals surface area contributed by atoms with Crippen LogP contribution in [0.25, 0.3) is 0 Å². The number of hydrogen-bond acceptors (Lipinski definition) is 0. The van der Waals surface area contributed by atoms with E-state index in [0.717, 1.165) is 36.4 Å². The van der Waals surface area contributed by atoms with Crippen molar-refractivity contribution in [3.8, 4) is 0 Å². The second-order valence-corrected chi connectivity index (χ2v) is 4.97. The zero-order chi connectivity index (χ0) is 16.5. The molecule has 2 aromatic rings. The van der Waals surface area contributed by atoms with E-state index in [1.165, 1.54) is 12.1 Å². The van der Waals surface area contributed by atoms with E-state index in [-0.39, 0.29) is 0 Å². The molecule has 0 aromatic heterocycles. The number of halogens is 7.